The summed E-state index contributed by atoms with van der Waals surface area (Å²) < 4.78 is 14.5. The van der Waals surface area contributed by atoms with Crippen LogP contribution in [0.4, 0.5) is 4.39 Å². The third kappa shape index (κ3) is 6.36. The average molecular weight is 488 g/mol. The van der Waals surface area contributed by atoms with Gasteiger partial charge in [-0.15, -0.1) is 0 Å². The number of aromatic nitrogens is 1. The van der Waals surface area contributed by atoms with E-state index < -0.39 is 12.2 Å². The molecule has 2 heterocycles. The van der Waals surface area contributed by atoms with Gasteiger partial charge in [0.2, 0.25) is 11.8 Å². The Kier molecular flexibility index (Phi) is 8.47. The van der Waals surface area contributed by atoms with Gasteiger partial charge in [0.1, 0.15) is 12.2 Å². The van der Waals surface area contributed by atoms with Gasteiger partial charge in [-0.25, -0.2) is 4.39 Å². The zero-order valence-electron chi connectivity index (χ0n) is 20.9. The second kappa shape index (κ2) is 11.9. The predicted molar refractivity (Wildman–Crippen MR) is 139 cm³/mol. The lowest BCUT2D eigenvalue weighted by Gasteiger charge is -2.27. The summed E-state index contributed by atoms with van der Waals surface area (Å²) in [6.07, 6.45) is 3.92. The van der Waals surface area contributed by atoms with Gasteiger partial charge >= 0.3 is 0 Å². The number of carbonyl (C=O) groups excluding carboxylic acids is 2. The summed E-state index contributed by atoms with van der Waals surface area (Å²) in [7, 11) is 0. The van der Waals surface area contributed by atoms with Gasteiger partial charge in [-0.1, -0.05) is 74.5 Å². The van der Waals surface area contributed by atoms with Crippen molar-refractivity contribution in [2.75, 3.05) is 6.54 Å². The van der Waals surface area contributed by atoms with Crippen molar-refractivity contribution >= 4 is 11.8 Å². The fourth-order valence-corrected chi connectivity index (χ4v) is 4.76. The third-order valence-corrected chi connectivity index (χ3v) is 6.81. The molecule has 4 rings (SSSR count). The van der Waals surface area contributed by atoms with E-state index in [0.717, 1.165) is 16.7 Å². The number of pyridine rings is 1. The maximum Gasteiger partial charge on any atom is 0.243 e. The first kappa shape index (κ1) is 25.5. The molecule has 5 nitrogen and oxygen atoms in total. The smallest absolute Gasteiger partial charge is 0.243 e. The highest BCUT2D eigenvalue weighted by Crippen LogP contribution is 2.27. The summed E-state index contributed by atoms with van der Waals surface area (Å²) in [5.74, 6) is -0.101. The van der Waals surface area contributed by atoms with E-state index in [1.807, 2.05) is 54.6 Å². The molecule has 0 spiro atoms. The lowest BCUT2D eigenvalue weighted by Crippen LogP contribution is -2.47. The topological polar surface area (TPSA) is 62.3 Å². The van der Waals surface area contributed by atoms with Crippen molar-refractivity contribution in [1.29, 1.82) is 0 Å². The van der Waals surface area contributed by atoms with Crippen LogP contribution in [0.15, 0.2) is 79.1 Å². The number of likely N-dealkylation sites (tertiary alicyclic amines) is 1. The van der Waals surface area contributed by atoms with E-state index in [0.29, 0.717) is 18.8 Å². The number of halogens is 1. The second-order valence-corrected chi connectivity index (χ2v) is 9.78. The van der Waals surface area contributed by atoms with E-state index in [-0.39, 0.29) is 37.2 Å². The van der Waals surface area contributed by atoms with Gasteiger partial charge < -0.3 is 10.2 Å². The van der Waals surface area contributed by atoms with Crippen LogP contribution in [0.25, 0.3) is 0 Å². The molecule has 3 aromatic rings. The molecule has 1 saturated heterocycles. The largest absolute Gasteiger partial charge is 0.343 e. The molecule has 0 aliphatic carbocycles. The van der Waals surface area contributed by atoms with Crippen molar-refractivity contribution in [1.82, 2.24) is 15.2 Å². The van der Waals surface area contributed by atoms with Crippen LogP contribution in [0.3, 0.4) is 0 Å². The fourth-order valence-electron chi connectivity index (χ4n) is 4.76. The van der Waals surface area contributed by atoms with Crippen LogP contribution in [0.2, 0.25) is 0 Å². The van der Waals surface area contributed by atoms with Crippen molar-refractivity contribution < 1.29 is 14.0 Å². The number of hydrogen-bond acceptors (Lipinski definition) is 3. The first-order valence-electron chi connectivity index (χ1n) is 12.7. The number of aryl methyl sites for hydroxylation is 1. The Morgan fingerprint density at radius 2 is 1.69 bits per heavy atom. The van der Waals surface area contributed by atoms with E-state index in [1.165, 1.54) is 10.5 Å². The van der Waals surface area contributed by atoms with E-state index in [9.17, 15) is 14.0 Å². The Balaban J connectivity index is 1.47. The van der Waals surface area contributed by atoms with Gasteiger partial charge in [-0.2, -0.15) is 0 Å². The van der Waals surface area contributed by atoms with Crippen LogP contribution in [0, 0.1) is 0 Å². The van der Waals surface area contributed by atoms with Crippen LogP contribution < -0.4 is 5.32 Å². The molecule has 1 aromatic heterocycles. The van der Waals surface area contributed by atoms with E-state index in [4.69, 9.17) is 0 Å². The second-order valence-electron chi connectivity index (χ2n) is 9.78. The summed E-state index contributed by atoms with van der Waals surface area (Å²) in [5, 5.41) is 3.12. The SMILES string of the molecule is CC(C)c1ccc([C@@H](NC(=O)[C@@H]2C[C@@H](F)CN2C(=O)CCCc2cccnc2)c2ccccc2)cc1. The van der Waals surface area contributed by atoms with Crippen LogP contribution >= 0.6 is 0 Å². The van der Waals surface area contributed by atoms with Gasteiger partial charge in [0.05, 0.1) is 12.6 Å². The van der Waals surface area contributed by atoms with Crippen LogP contribution in [-0.2, 0) is 16.0 Å². The average Bonchev–Trinajstić information content (AvgIpc) is 3.30. The highest BCUT2D eigenvalue weighted by molar-refractivity contribution is 5.89. The van der Waals surface area contributed by atoms with Gasteiger partial charge in [-0.3, -0.25) is 14.6 Å². The van der Waals surface area contributed by atoms with E-state index in [1.54, 1.807) is 12.4 Å². The molecule has 3 atom stereocenters. The number of nitrogens with zero attached hydrogens (tertiary/aromatic N) is 2. The number of rotatable bonds is 9. The van der Waals surface area contributed by atoms with Crippen molar-refractivity contribution in [2.45, 2.75) is 63.7 Å². The molecule has 2 aromatic carbocycles. The number of benzene rings is 2. The molecule has 0 unspecified atom stereocenters. The molecule has 1 fully saturated rings. The monoisotopic (exact) mass is 487 g/mol. The molecule has 1 N–H and O–H groups in total. The zero-order chi connectivity index (χ0) is 25.5. The third-order valence-electron chi connectivity index (χ3n) is 6.81. The van der Waals surface area contributed by atoms with Crippen molar-refractivity contribution in [2.24, 2.45) is 0 Å². The summed E-state index contributed by atoms with van der Waals surface area (Å²) in [5.41, 5.74) is 4.16. The Morgan fingerprint density at radius 3 is 2.36 bits per heavy atom. The summed E-state index contributed by atoms with van der Waals surface area (Å²) in [6, 6.07) is 20.6. The molecule has 188 valence electrons. The van der Waals surface area contributed by atoms with Crippen molar-refractivity contribution in [3.05, 3.63) is 101 Å². The van der Waals surface area contributed by atoms with Crippen LogP contribution in [0.5, 0.6) is 0 Å². The number of alkyl halides is 1. The van der Waals surface area contributed by atoms with Crippen molar-refractivity contribution in [3.8, 4) is 0 Å². The lowest BCUT2D eigenvalue weighted by molar-refractivity contribution is -0.138. The standard InChI is InChI=1S/C30H34FN3O2/c1-21(2)23-13-15-25(16-14-23)29(24-10-4-3-5-11-24)33-30(36)27-18-26(31)20-34(27)28(35)12-6-8-22-9-7-17-32-19-22/h3-5,7,9-11,13-17,19,21,26-27,29H,6,8,12,18,20H2,1-2H3,(H,33,36)/t26-,27+,29+/m1/s1. The summed E-state index contributed by atoms with van der Waals surface area (Å²) >= 11 is 0. The highest BCUT2D eigenvalue weighted by atomic mass is 19.1. The molecule has 1 aliphatic heterocycles. The molecule has 0 bridgehead atoms. The molecule has 0 radical (unpaired) electrons. The molecule has 36 heavy (non-hydrogen) atoms. The first-order valence-corrected chi connectivity index (χ1v) is 12.7. The summed E-state index contributed by atoms with van der Waals surface area (Å²) in [4.78, 5) is 32.0. The Bertz CT molecular complexity index is 1140. The quantitative estimate of drug-likeness (QED) is 0.441. The molecule has 6 heteroatoms. The van der Waals surface area contributed by atoms with Gasteiger partial charge in [0, 0.05) is 25.2 Å². The normalized spacial score (nSPS) is 18.3. The molecule has 0 saturated carbocycles. The van der Waals surface area contributed by atoms with Crippen LogP contribution in [0.1, 0.15) is 67.3 Å². The minimum atomic E-state index is -1.21. The van der Waals surface area contributed by atoms with Gasteiger partial charge in [-0.05, 0) is 47.1 Å². The fraction of sp³-hybridized carbons (Fsp3) is 0.367. The van der Waals surface area contributed by atoms with Crippen LogP contribution in [-0.4, -0.2) is 40.5 Å². The number of hydrogen-bond donors (Lipinski definition) is 1. The van der Waals surface area contributed by atoms with Crippen molar-refractivity contribution in [3.63, 3.8) is 0 Å². The maximum atomic E-state index is 14.5. The Hall–Kier alpha value is -3.54. The zero-order valence-corrected chi connectivity index (χ0v) is 20.9. The highest BCUT2D eigenvalue weighted by Gasteiger charge is 2.40. The van der Waals surface area contributed by atoms with Gasteiger partial charge in [0.15, 0.2) is 0 Å². The molecule has 1 aliphatic rings. The number of carbonyl (C=O) groups is 2. The molecule has 2 amide bonds. The minimum Gasteiger partial charge on any atom is -0.343 e. The van der Waals surface area contributed by atoms with E-state index in [2.05, 4.69) is 36.3 Å². The van der Waals surface area contributed by atoms with Gasteiger partial charge in [0.25, 0.3) is 0 Å². The molecular weight excluding hydrogens is 453 g/mol. The minimum absolute atomic E-state index is 0.0218. The number of amides is 2. The number of nitrogens with one attached hydrogen (secondary N) is 1. The van der Waals surface area contributed by atoms with E-state index >= 15 is 0 Å². The maximum absolute atomic E-state index is 14.5. The lowest BCUT2D eigenvalue weighted by atomic mass is 9.95. The first-order chi connectivity index (χ1) is 17.4. The predicted octanol–water partition coefficient (Wildman–Crippen LogP) is 5.37. The Morgan fingerprint density at radius 1 is 1.00 bits per heavy atom. The Labute approximate surface area is 212 Å². The molecular formula is C30H34FN3O2. The summed E-state index contributed by atoms with van der Waals surface area (Å²) in [6.45, 7) is 4.24.